The number of methoxy groups -OCH3 is 1. The van der Waals surface area contributed by atoms with Gasteiger partial charge in [0.1, 0.15) is 17.8 Å². The third kappa shape index (κ3) is 4.38. The molecular weight excluding hydrogens is 314 g/mol. The van der Waals surface area contributed by atoms with Gasteiger partial charge >= 0.3 is 0 Å². The Labute approximate surface area is 147 Å². The summed E-state index contributed by atoms with van der Waals surface area (Å²) in [6.07, 6.45) is 2.39. The minimum atomic E-state index is 0.492. The van der Waals surface area contributed by atoms with E-state index in [0.29, 0.717) is 17.3 Å². The number of aromatic nitrogens is 2. The highest BCUT2D eigenvalue weighted by Crippen LogP contribution is 2.26. The number of benzene rings is 2. The molecule has 25 heavy (non-hydrogen) atoms. The van der Waals surface area contributed by atoms with Crippen molar-refractivity contribution >= 4 is 23.0 Å². The fourth-order valence-electron chi connectivity index (χ4n) is 2.42. The number of anilines is 4. The fourth-order valence-corrected chi connectivity index (χ4v) is 2.42. The van der Waals surface area contributed by atoms with Crippen molar-refractivity contribution < 1.29 is 4.74 Å². The monoisotopic (exact) mass is 335 g/mol. The van der Waals surface area contributed by atoms with Crippen LogP contribution < -0.4 is 21.1 Å². The number of nitrogens with zero attached hydrogens (tertiary/aromatic N) is 2. The van der Waals surface area contributed by atoms with Crippen LogP contribution in [0, 0.1) is 0 Å². The first kappa shape index (κ1) is 16.6. The minimum absolute atomic E-state index is 0.492. The minimum Gasteiger partial charge on any atom is -0.497 e. The zero-order chi connectivity index (χ0) is 17.5. The summed E-state index contributed by atoms with van der Waals surface area (Å²) < 4.78 is 5.15. The number of nitrogens with one attached hydrogen (secondary N) is 2. The van der Waals surface area contributed by atoms with E-state index in [0.717, 1.165) is 24.4 Å². The van der Waals surface area contributed by atoms with Crippen molar-refractivity contribution in [2.75, 3.05) is 30.0 Å². The number of ether oxygens (including phenoxy) is 1. The maximum atomic E-state index is 6.19. The molecule has 0 atom stereocenters. The van der Waals surface area contributed by atoms with E-state index < -0.39 is 0 Å². The van der Waals surface area contributed by atoms with Gasteiger partial charge in [0.05, 0.1) is 7.11 Å². The van der Waals surface area contributed by atoms with Gasteiger partial charge in [-0.2, -0.15) is 0 Å². The van der Waals surface area contributed by atoms with Gasteiger partial charge in [-0.15, -0.1) is 0 Å². The summed E-state index contributed by atoms with van der Waals surface area (Å²) in [7, 11) is 1.64. The molecule has 6 nitrogen and oxygen atoms in total. The summed E-state index contributed by atoms with van der Waals surface area (Å²) in [6, 6.07) is 17.8. The van der Waals surface area contributed by atoms with E-state index in [9.17, 15) is 0 Å². The van der Waals surface area contributed by atoms with Gasteiger partial charge < -0.3 is 21.1 Å². The third-order valence-electron chi connectivity index (χ3n) is 3.79. The topological polar surface area (TPSA) is 85.1 Å². The number of hydrogen-bond donors (Lipinski definition) is 3. The van der Waals surface area contributed by atoms with Crippen molar-refractivity contribution in [3.63, 3.8) is 0 Å². The predicted molar refractivity (Wildman–Crippen MR) is 101 cm³/mol. The SMILES string of the molecule is COc1ccc(Nc2ncnc(NCCc3ccccc3)c2N)cc1. The van der Waals surface area contributed by atoms with E-state index in [1.54, 1.807) is 7.11 Å². The zero-order valence-electron chi connectivity index (χ0n) is 14.1. The molecular formula is C19H21N5O. The average Bonchev–Trinajstić information content (AvgIpc) is 2.66. The van der Waals surface area contributed by atoms with E-state index in [1.807, 2.05) is 42.5 Å². The van der Waals surface area contributed by atoms with Crippen LogP contribution in [0.15, 0.2) is 60.9 Å². The van der Waals surface area contributed by atoms with E-state index in [4.69, 9.17) is 10.5 Å². The normalized spacial score (nSPS) is 10.3. The highest BCUT2D eigenvalue weighted by Gasteiger charge is 2.08. The molecule has 0 aliphatic rings. The summed E-state index contributed by atoms with van der Waals surface area (Å²) >= 11 is 0. The summed E-state index contributed by atoms with van der Waals surface area (Å²) in [5, 5.41) is 6.47. The first-order valence-electron chi connectivity index (χ1n) is 8.05. The lowest BCUT2D eigenvalue weighted by molar-refractivity contribution is 0.415. The number of rotatable bonds is 7. The lowest BCUT2D eigenvalue weighted by Gasteiger charge is -2.13. The molecule has 1 aromatic heterocycles. The molecule has 0 saturated heterocycles. The summed E-state index contributed by atoms with van der Waals surface area (Å²) in [4.78, 5) is 8.46. The highest BCUT2D eigenvalue weighted by atomic mass is 16.5. The van der Waals surface area contributed by atoms with Crippen molar-refractivity contribution in [2.45, 2.75) is 6.42 Å². The average molecular weight is 335 g/mol. The Bertz CT molecular complexity index is 806. The van der Waals surface area contributed by atoms with Gasteiger partial charge in [0.25, 0.3) is 0 Å². The Hall–Kier alpha value is -3.28. The number of nitrogen functional groups attached to an aromatic ring is 1. The second-order valence-electron chi connectivity index (χ2n) is 5.50. The van der Waals surface area contributed by atoms with Gasteiger partial charge in [-0.05, 0) is 36.2 Å². The second kappa shape index (κ2) is 8.01. The largest absolute Gasteiger partial charge is 0.497 e. The molecule has 1 heterocycles. The van der Waals surface area contributed by atoms with Crippen LogP contribution in [0.3, 0.4) is 0 Å². The molecule has 0 spiro atoms. The molecule has 0 unspecified atom stereocenters. The van der Waals surface area contributed by atoms with E-state index in [1.165, 1.54) is 11.9 Å². The van der Waals surface area contributed by atoms with Crippen LogP contribution in [0.1, 0.15) is 5.56 Å². The van der Waals surface area contributed by atoms with E-state index >= 15 is 0 Å². The van der Waals surface area contributed by atoms with Crippen LogP contribution in [0.25, 0.3) is 0 Å². The molecule has 128 valence electrons. The second-order valence-corrected chi connectivity index (χ2v) is 5.50. The van der Waals surface area contributed by atoms with Crippen LogP contribution in [-0.4, -0.2) is 23.6 Å². The van der Waals surface area contributed by atoms with Crippen LogP contribution in [0.2, 0.25) is 0 Å². The van der Waals surface area contributed by atoms with Crippen LogP contribution in [-0.2, 0) is 6.42 Å². The lowest BCUT2D eigenvalue weighted by Crippen LogP contribution is -2.10. The quantitative estimate of drug-likeness (QED) is 0.613. The lowest BCUT2D eigenvalue weighted by atomic mass is 10.1. The molecule has 6 heteroatoms. The van der Waals surface area contributed by atoms with Crippen molar-refractivity contribution in [3.05, 3.63) is 66.5 Å². The van der Waals surface area contributed by atoms with Crippen molar-refractivity contribution in [1.82, 2.24) is 9.97 Å². The molecule has 0 fully saturated rings. The maximum Gasteiger partial charge on any atom is 0.159 e. The third-order valence-corrected chi connectivity index (χ3v) is 3.79. The van der Waals surface area contributed by atoms with E-state index in [2.05, 4.69) is 32.7 Å². The van der Waals surface area contributed by atoms with Crippen molar-refractivity contribution in [2.24, 2.45) is 0 Å². The molecule has 0 aliphatic heterocycles. The maximum absolute atomic E-state index is 6.19. The standard InChI is InChI=1S/C19H21N5O/c1-25-16-9-7-15(8-10-16)24-19-17(20)18(22-13-23-19)21-12-11-14-5-3-2-4-6-14/h2-10,13H,11-12,20H2,1H3,(H2,21,22,23,24). The van der Waals surface area contributed by atoms with Gasteiger partial charge in [-0.3, -0.25) is 0 Å². The molecule has 0 aliphatic carbocycles. The Kier molecular flexibility index (Phi) is 5.31. The number of hydrogen-bond acceptors (Lipinski definition) is 6. The molecule has 3 rings (SSSR count). The van der Waals surface area contributed by atoms with Crippen LogP contribution in [0.4, 0.5) is 23.0 Å². The zero-order valence-corrected chi connectivity index (χ0v) is 14.1. The van der Waals surface area contributed by atoms with Gasteiger partial charge in [0.2, 0.25) is 0 Å². The number of nitrogens with two attached hydrogens (primary N) is 1. The Morgan fingerprint density at radius 3 is 2.40 bits per heavy atom. The van der Waals surface area contributed by atoms with Crippen LogP contribution >= 0.6 is 0 Å². The molecule has 0 saturated carbocycles. The molecule has 0 bridgehead atoms. The summed E-state index contributed by atoms with van der Waals surface area (Å²) in [6.45, 7) is 0.743. The Balaban J connectivity index is 1.64. The Morgan fingerprint density at radius 1 is 0.960 bits per heavy atom. The fraction of sp³-hybridized carbons (Fsp3) is 0.158. The molecule has 0 radical (unpaired) electrons. The van der Waals surface area contributed by atoms with Crippen LogP contribution in [0.5, 0.6) is 5.75 Å². The van der Waals surface area contributed by atoms with E-state index in [-0.39, 0.29) is 0 Å². The summed E-state index contributed by atoms with van der Waals surface area (Å²) in [5.41, 5.74) is 8.82. The van der Waals surface area contributed by atoms with Gasteiger partial charge in [-0.25, -0.2) is 9.97 Å². The van der Waals surface area contributed by atoms with Crippen molar-refractivity contribution in [3.8, 4) is 5.75 Å². The Morgan fingerprint density at radius 2 is 1.68 bits per heavy atom. The highest BCUT2D eigenvalue weighted by molar-refractivity contribution is 5.77. The van der Waals surface area contributed by atoms with Crippen molar-refractivity contribution in [1.29, 1.82) is 0 Å². The van der Waals surface area contributed by atoms with Gasteiger partial charge in [0.15, 0.2) is 11.6 Å². The van der Waals surface area contributed by atoms with Gasteiger partial charge in [-0.1, -0.05) is 30.3 Å². The first-order valence-corrected chi connectivity index (χ1v) is 8.05. The predicted octanol–water partition coefficient (Wildman–Crippen LogP) is 3.47. The summed E-state index contributed by atoms with van der Waals surface area (Å²) in [5.74, 6) is 1.99. The molecule has 3 aromatic rings. The smallest absolute Gasteiger partial charge is 0.159 e. The van der Waals surface area contributed by atoms with Gasteiger partial charge in [0, 0.05) is 12.2 Å². The first-order chi connectivity index (χ1) is 12.3. The molecule has 2 aromatic carbocycles. The molecule has 0 amide bonds. The molecule has 4 N–H and O–H groups in total.